The van der Waals surface area contributed by atoms with Gasteiger partial charge in [0.25, 0.3) is 5.91 Å². The van der Waals surface area contributed by atoms with Gasteiger partial charge in [-0.25, -0.2) is 0 Å². The van der Waals surface area contributed by atoms with Gasteiger partial charge in [0.2, 0.25) is 0 Å². The van der Waals surface area contributed by atoms with Crippen molar-refractivity contribution in [2.75, 3.05) is 5.32 Å². The molecule has 0 saturated heterocycles. The van der Waals surface area contributed by atoms with Crippen molar-refractivity contribution in [2.24, 2.45) is 5.73 Å². The van der Waals surface area contributed by atoms with Gasteiger partial charge < -0.3 is 11.1 Å². The Balaban J connectivity index is 2.31. The first-order valence-electron chi connectivity index (χ1n) is 4.97. The van der Waals surface area contributed by atoms with E-state index in [4.69, 9.17) is 18.0 Å². The number of amides is 1. The third kappa shape index (κ3) is 2.74. The number of hydrogen-bond donors (Lipinski definition) is 3. The van der Waals surface area contributed by atoms with E-state index >= 15 is 0 Å². The number of nitrogens with one attached hydrogen (secondary N) is 2. The summed E-state index contributed by atoms with van der Waals surface area (Å²) < 4.78 is 0.824. The van der Waals surface area contributed by atoms with Crippen LogP contribution in [0, 0.1) is 0 Å². The lowest BCUT2D eigenvalue weighted by Gasteiger charge is -2.09. The van der Waals surface area contributed by atoms with E-state index < -0.39 is 0 Å². The Kier molecular flexibility index (Phi) is 3.73. The smallest absolute Gasteiger partial charge is 0.258 e. The first kappa shape index (κ1) is 12.7. The molecule has 2 aromatic rings. The quantitative estimate of drug-likeness (QED) is 0.754. The number of nitrogens with two attached hydrogens (primary N) is 1. The minimum Gasteiger partial charge on any atom is -0.389 e. The van der Waals surface area contributed by atoms with Gasteiger partial charge in [0.15, 0.2) is 0 Å². The number of H-pyrrole nitrogens is 1. The minimum atomic E-state index is -0.278. The van der Waals surface area contributed by atoms with Crippen molar-refractivity contribution in [3.63, 3.8) is 0 Å². The second-order valence-corrected chi connectivity index (χ2v) is 4.85. The van der Waals surface area contributed by atoms with E-state index in [0.717, 1.165) is 4.47 Å². The van der Waals surface area contributed by atoms with E-state index in [2.05, 4.69) is 31.4 Å². The molecular formula is C11H9BrN4OS. The summed E-state index contributed by atoms with van der Waals surface area (Å²) in [6, 6.07) is 5.30. The van der Waals surface area contributed by atoms with Crippen molar-refractivity contribution in [1.82, 2.24) is 10.2 Å². The van der Waals surface area contributed by atoms with Crippen LogP contribution in [0.4, 0.5) is 5.69 Å². The first-order valence-corrected chi connectivity index (χ1v) is 6.17. The van der Waals surface area contributed by atoms with Crippen LogP contribution in [0.15, 0.2) is 35.1 Å². The van der Waals surface area contributed by atoms with Crippen molar-refractivity contribution < 1.29 is 4.79 Å². The topological polar surface area (TPSA) is 83.8 Å². The molecule has 7 heteroatoms. The molecule has 1 aromatic heterocycles. The second kappa shape index (κ2) is 5.28. The summed E-state index contributed by atoms with van der Waals surface area (Å²) in [7, 11) is 0. The number of carbonyl (C=O) groups is 1. The predicted molar refractivity (Wildman–Crippen MR) is 76.6 cm³/mol. The van der Waals surface area contributed by atoms with Crippen LogP contribution in [0.25, 0.3) is 0 Å². The fourth-order valence-corrected chi connectivity index (χ4v) is 1.94. The molecule has 0 atom stereocenters. The number of aromatic nitrogens is 2. The Morgan fingerprint density at radius 1 is 1.50 bits per heavy atom. The summed E-state index contributed by atoms with van der Waals surface area (Å²) in [6.07, 6.45) is 2.95. The monoisotopic (exact) mass is 324 g/mol. The maximum absolute atomic E-state index is 11.9. The molecule has 0 aliphatic heterocycles. The highest BCUT2D eigenvalue weighted by Crippen LogP contribution is 2.22. The van der Waals surface area contributed by atoms with Gasteiger partial charge in [-0.2, -0.15) is 5.10 Å². The van der Waals surface area contributed by atoms with Crippen molar-refractivity contribution in [2.45, 2.75) is 0 Å². The molecular weight excluding hydrogens is 316 g/mol. The number of carbonyl (C=O) groups excluding carboxylic acids is 1. The molecule has 1 amide bonds. The summed E-state index contributed by atoms with van der Waals surface area (Å²) >= 11 is 8.27. The maximum atomic E-state index is 11.9. The molecule has 0 fully saturated rings. The second-order valence-electron chi connectivity index (χ2n) is 3.50. The third-order valence-corrected chi connectivity index (χ3v) is 2.97. The third-order valence-electron chi connectivity index (χ3n) is 2.26. The largest absolute Gasteiger partial charge is 0.389 e. The molecule has 4 N–H and O–H groups in total. The molecule has 18 heavy (non-hydrogen) atoms. The molecule has 0 unspecified atom stereocenters. The molecule has 0 aliphatic rings. The molecule has 0 saturated carbocycles. The zero-order valence-corrected chi connectivity index (χ0v) is 11.5. The van der Waals surface area contributed by atoms with Crippen LogP contribution in [0.3, 0.4) is 0 Å². The lowest BCUT2D eigenvalue weighted by Crippen LogP contribution is -2.17. The van der Waals surface area contributed by atoms with E-state index in [0.29, 0.717) is 16.8 Å². The van der Waals surface area contributed by atoms with Gasteiger partial charge in [0, 0.05) is 16.2 Å². The summed E-state index contributed by atoms with van der Waals surface area (Å²) in [5, 5.41) is 9.03. The summed E-state index contributed by atoms with van der Waals surface area (Å²) in [4.78, 5) is 12.1. The minimum absolute atomic E-state index is 0.227. The normalized spacial score (nSPS) is 10.1. The van der Waals surface area contributed by atoms with Crippen LogP contribution >= 0.6 is 28.1 Å². The van der Waals surface area contributed by atoms with Gasteiger partial charge in [0.05, 0.1) is 17.4 Å². The van der Waals surface area contributed by atoms with Crippen LogP contribution in [0.2, 0.25) is 0 Å². The van der Waals surface area contributed by atoms with Gasteiger partial charge in [0.1, 0.15) is 4.99 Å². The standard InChI is InChI=1S/C11H9BrN4OS/c12-7-1-2-8(10(13)18)9(3-7)16-11(17)6-4-14-15-5-6/h1-5H,(H2,13,18)(H,14,15)(H,16,17). The van der Waals surface area contributed by atoms with Gasteiger partial charge in [-0.3, -0.25) is 9.89 Å². The van der Waals surface area contributed by atoms with Crippen LogP contribution in [0.5, 0.6) is 0 Å². The average Bonchev–Trinajstić information content (AvgIpc) is 2.81. The number of aromatic amines is 1. The van der Waals surface area contributed by atoms with Crippen molar-refractivity contribution >= 4 is 44.7 Å². The highest BCUT2D eigenvalue weighted by atomic mass is 79.9. The SMILES string of the molecule is NC(=S)c1ccc(Br)cc1NC(=O)c1cn[nH]c1. The summed E-state index contributed by atoms with van der Waals surface area (Å²) in [5.41, 5.74) is 7.21. The highest BCUT2D eigenvalue weighted by molar-refractivity contribution is 9.10. The molecule has 2 rings (SSSR count). The highest BCUT2D eigenvalue weighted by Gasteiger charge is 2.11. The average molecular weight is 325 g/mol. The summed E-state index contributed by atoms with van der Waals surface area (Å²) in [5.74, 6) is -0.278. The van der Waals surface area contributed by atoms with E-state index in [9.17, 15) is 4.79 Å². The number of nitrogens with zero attached hydrogens (tertiary/aromatic N) is 1. The number of halogens is 1. The Morgan fingerprint density at radius 2 is 2.28 bits per heavy atom. The molecule has 1 heterocycles. The van der Waals surface area contributed by atoms with Gasteiger partial charge >= 0.3 is 0 Å². The number of benzene rings is 1. The fraction of sp³-hybridized carbons (Fsp3) is 0. The Bertz CT molecular complexity index is 597. The molecule has 0 aliphatic carbocycles. The van der Waals surface area contributed by atoms with Gasteiger partial charge in [-0.15, -0.1) is 0 Å². The van der Waals surface area contributed by atoms with Crippen LogP contribution in [-0.2, 0) is 0 Å². The van der Waals surface area contributed by atoms with Crippen molar-refractivity contribution in [3.8, 4) is 0 Å². The van der Waals surface area contributed by atoms with E-state index in [1.807, 2.05) is 6.07 Å². The zero-order valence-electron chi connectivity index (χ0n) is 9.11. The number of anilines is 1. The number of hydrogen-bond acceptors (Lipinski definition) is 3. The Morgan fingerprint density at radius 3 is 2.89 bits per heavy atom. The number of thiocarbonyl (C=S) groups is 1. The Hall–Kier alpha value is -1.73. The van der Waals surface area contributed by atoms with E-state index in [-0.39, 0.29) is 10.9 Å². The van der Waals surface area contributed by atoms with Crippen LogP contribution in [0.1, 0.15) is 15.9 Å². The van der Waals surface area contributed by atoms with Gasteiger partial charge in [-0.05, 0) is 18.2 Å². The molecule has 0 radical (unpaired) electrons. The van der Waals surface area contributed by atoms with Crippen LogP contribution < -0.4 is 11.1 Å². The lowest BCUT2D eigenvalue weighted by atomic mass is 10.1. The first-order chi connectivity index (χ1) is 8.58. The van der Waals surface area contributed by atoms with Gasteiger partial charge in [-0.1, -0.05) is 28.1 Å². The number of rotatable bonds is 3. The van der Waals surface area contributed by atoms with E-state index in [1.165, 1.54) is 12.4 Å². The molecule has 0 bridgehead atoms. The summed E-state index contributed by atoms with van der Waals surface area (Å²) in [6.45, 7) is 0. The van der Waals surface area contributed by atoms with Crippen molar-refractivity contribution in [1.29, 1.82) is 0 Å². The molecule has 92 valence electrons. The zero-order chi connectivity index (χ0) is 13.1. The lowest BCUT2D eigenvalue weighted by molar-refractivity contribution is 0.102. The van der Waals surface area contributed by atoms with Crippen LogP contribution in [-0.4, -0.2) is 21.1 Å². The Labute approximate surface area is 117 Å². The maximum Gasteiger partial charge on any atom is 0.258 e. The van der Waals surface area contributed by atoms with Crippen molar-refractivity contribution in [3.05, 3.63) is 46.2 Å². The molecule has 1 aromatic carbocycles. The fourth-order valence-electron chi connectivity index (χ4n) is 1.40. The predicted octanol–water partition coefficient (Wildman–Crippen LogP) is 2.06. The molecule has 5 nitrogen and oxygen atoms in total. The van der Waals surface area contributed by atoms with E-state index in [1.54, 1.807) is 12.1 Å². The molecule has 0 spiro atoms.